The number of nitrogens with zero attached hydrogens (tertiary/aromatic N) is 2. The number of benzene rings is 1. The van der Waals surface area contributed by atoms with Crippen LogP contribution in [-0.4, -0.2) is 90.7 Å². The van der Waals surface area contributed by atoms with Crippen molar-refractivity contribution in [2.75, 3.05) is 13.7 Å². The average molecular weight is 786 g/mol. The minimum absolute atomic E-state index is 0.0136. The highest BCUT2D eigenvalue weighted by atomic mass is 32.2. The van der Waals surface area contributed by atoms with E-state index in [0.717, 1.165) is 18.2 Å². The predicted molar refractivity (Wildman–Crippen MR) is 202 cm³/mol. The van der Waals surface area contributed by atoms with E-state index < -0.39 is 69.0 Å². The fourth-order valence-electron chi connectivity index (χ4n) is 8.10. The van der Waals surface area contributed by atoms with Crippen molar-refractivity contribution in [1.82, 2.24) is 25.2 Å². The molecule has 0 bridgehead atoms. The molecular weight excluding hydrogens is 731 g/mol. The number of alkyl carbamates (subject to hydrolysis) is 1. The maximum atomic E-state index is 14.7. The van der Waals surface area contributed by atoms with Gasteiger partial charge in [-0.3, -0.25) is 14.4 Å². The van der Waals surface area contributed by atoms with E-state index in [4.69, 9.17) is 18.4 Å². The zero-order valence-corrected chi connectivity index (χ0v) is 33.6. The van der Waals surface area contributed by atoms with Crippen LogP contribution in [0.3, 0.4) is 0 Å². The number of fused-ring (bicyclic) bond motifs is 1. The third-order valence-electron chi connectivity index (χ3n) is 11.5. The van der Waals surface area contributed by atoms with E-state index in [1.165, 1.54) is 4.90 Å². The summed E-state index contributed by atoms with van der Waals surface area (Å²) in [6, 6.07) is 5.18. The molecule has 4 amide bonds. The molecule has 15 nitrogen and oxygen atoms in total. The standard InChI is InChI=1S/C39H55N5O10S/c1-8-26-21-39(26,35(47)43-55(49,50)54-38(16-17-38)23(2)3)42-32(45)30-20-28(52-33-29-14-13-27(51-7)19-25(29)15-18-40-33)22-44(30)34(46)31(24-11-9-10-12-24)41-36(48)53-37(4,5)6/h13-15,18-19,23-24,26,28,30-31H,8-12,16-17,20-22H2,1-7H3,(H,41,48)(H,42,45)(H,43,47)/t26-,28-,30+,31+,39-/m1/s1. The van der Waals surface area contributed by atoms with Crippen molar-refractivity contribution in [3.05, 3.63) is 30.5 Å². The van der Waals surface area contributed by atoms with E-state index in [2.05, 4.69) is 20.3 Å². The molecule has 2 heterocycles. The molecule has 55 heavy (non-hydrogen) atoms. The van der Waals surface area contributed by atoms with Crippen molar-refractivity contribution < 1.29 is 46.0 Å². The van der Waals surface area contributed by atoms with Crippen LogP contribution in [0.5, 0.6) is 11.6 Å². The lowest BCUT2D eigenvalue weighted by atomic mass is 9.96. The summed E-state index contributed by atoms with van der Waals surface area (Å²) < 4.78 is 51.1. The van der Waals surface area contributed by atoms with Gasteiger partial charge in [-0.25, -0.2) is 18.7 Å². The molecule has 3 aliphatic carbocycles. The van der Waals surface area contributed by atoms with Gasteiger partial charge >= 0.3 is 16.4 Å². The molecule has 16 heteroatoms. The van der Waals surface area contributed by atoms with Gasteiger partial charge in [-0.05, 0) is 100 Å². The van der Waals surface area contributed by atoms with Gasteiger partial charge in [-0.2, -0.15) is 8.42 Å². The topological polar surface area (TPSA) is 192 Å². The Labute approximate surface area is 323 Å². The summed E-state index contributed by atoms with van der Waals surface area (Å²) in [5.74, 6) is -1.64. The highest BCUT2D eigenvalue weighted by Crippen LogP contribution is 2.48. The van der Waals surface area contributed by atoms with E-state index in [1.54, 1.807) is 40.1 Å². The van der Waals surface area contributed by atoms with E-state index in [0.29, 0.717) is 49.1 Å². The van der Waals surface area contributed by atoms with Crippen LogP contribution < -0.4 is 24.8 Å². The van der Waals surface area contributed by atoms with Gasteiger partial charge < -0.3 is 29.7 Å². The first-order valence-electron chi connectivity index (χ1n) is 19.4. The molecule has 0 radical (unpaired) electrons. The van der Waals surface area contributed by atoms with E-state index in [9.17, 15) is 27.6 Å². The molecule has 3 N–H and O–H groups in total. The van der Waals surface area contributed by atoms with E-state index >= 15 is 0 Å². The maximum Gasteiger partial charge on any atom is 0.408 e. The normalized spacial score (nSPS) is 25.3. The fraction of sp³-hybridized carbons (Fsp3) is 0.667. The Morgan fingerprint density at radius 2 is 1.78 bits per heavy atom. The van der Waals surface area contributed by atoms with Crippen LogP contribution in [-0.2, 0) is 33.6 Å². The largest absolute Gasteiger partial charge is 0.497 e. The molecule has 0 unspecified atom stereocenters. The van der Waals surface area contributed by atoms with Crippen molar-refractivity contribution in [2.45, 2.75) is 134 Å². The SMILES string of the molecule is CC[C@@H]1C[C@]1(NC(=O)[C@@H]1C[C@@H](Oc2nccc3cc(OC)ccc23)CN1C(=O)[C@@H](NC(=O)OC(C)(C)C)C1CCCC1)C(=O)NS(=O)(=O)OC1(C(C)C)CC1. The third kappa shape index (κ3) is 8.95. The third-order valence-corrected chi connectivity index (χ3v) is 12.5. The number of hydrogen-bond donors (Lipinski definition) is 3. The summed E-state index contributed by atoms with van der Waals surface area (Å²) >= 11 is 0. The molecule has 3 saturated carbocycles. The quantitative estimate of drug-likeness (QED) is 0.244. The number of amides is 4. The Kier molecular flexibility index (Phi) is 11.3. The van der Waals surface area contributed by atoms with Crippen molar-refractivity contribution in [3.63, 3.8) is 0 Å². The number of ether oxygens (including phenoxy) is 3. The average Bonchev–Trinajstić information content (AvgIpc) is 3.90. The second kappa shape index (κ2) is 15.4. The molecule has 1 aromatic carbocycles. The fourth-order valence-corrected chi connectivity index (χ4v) is 9.35. The van der Waals surface area contributed by atoms with E-state index in [1.807, 2.05) is 39.0 Å². The minimum Gasteiger partial charge on any atom is -0.497 e. The number of carbonyl (C=O) groups is 4. The molecule has 1 aromatic heterocycles. The first kappa shape index (κ1) is 40.5. The van der Waals surface area contributed by atoms with Gasteiger partial charge in [0.15, 0.2) is 0 Å². The van der Waals surface area contributed by atoms with Gasteiger partial charge in [0.1, 0.15) is 35.1 Å². The van der Waals surface area contributed by atoms with Gasteiger partial charge in [0, 0.05) is 18.0 Å². The number of aromatic nitrogens is 1. The van der Waals surface area contributed by atoms with Crippen LogP contribution in [0.15, 0.2) is 30.5 Å². The Hall–Kier alpha value is -4.18. The summed E-state index contributed by atoms with van der Waals surface area (Å²) in [7, 11) is -2.91. The van der Waals surface area contributed by atoms with Crippen molar-refractivity contribution in [3.8, 4) is 11.6 Å². The first-order chi connectivity index (χ1) is 25.9. The van der Waals surface area contributed by atoms with Crippen LogP contribution in [0.2, 0.25) is 0 Å². The van der Waals surface area contributed by atoms with Crippen molar-refractivity contribution in [1.29, 1.82) is 0 Å². The van der Waals surface area contributed by atoms with Crippen molar-refractivity contribution in [2.24, 2.45) is 17.8 Å². The summed E-state index contributed by atoms with van der Waals surface area (Å²) in [4.78, 5) is 61.8. The monoisotopic (exact) mass is 785 g/mol. The molecule has 5 atom stereocenters. The van der Waals surface area contributed by atoms with E-state index in [-0.39, 0.29) is 37.1 Å². The van der Waals surface area contributed by atoms with Gasteiger partial charge in [-0.1, -0.05) is 40.0 Å². The van der Waals surface area contributed by atoms with Crippen molar-refractivity contribution >= 4 is 44.9 Å². The summed E-state index contributed by atoms with van der Waals surface area (Å²) in [6.07, 6.45) is 5.20. The minimum atomic E-state index is -4.49. The molecule has 1 saturated heterocycles. The highest BCUT2D eigenvalue weighted by molar-refractivity contribution is 7.85. The number of nitrogens with one attached hydrogen (secondary N) is 3. The summed E-state index contributed by atoms with van der Waals surface area (Å²) in [5.41, 5.74) is -3.19. The molecule has 0 spiro atoms. The molecule has 302 valence electrons. The van der Waals surface area contributed by atoms with Crippen LogP contribution in [0.4, 0.5) is 4.79 Å². The number of pyridine rings is 1. The van der Waals surface area contributed by atoms with Crippen LogP contribution >= 0.6 is 0 Å². The Morgan fingerprint density at radius 3 is 2.38 bits per heavy atom. The lowest BCUT2D eigenvalue weighted by molar-refractivity contribution is -0.142. The number of hydrogen-bond acceptors (Lipinski definition) is 11. The Balaban J connectivity index is 1.27. The molecule has 6 rings (SSSR count). The summed E-state index contributed by atoms with van der Waals surface area (Å²) in [6.45, 7) is 10.8. The van der Waals surface area contributed by atoms with Crippen LogP contribution in [0, 0.1) is 17.8 Å². The Bertz CT molecular complexity index is 1910. The number of likely N-dealkylation sites (tertiary alicyclic amines) is 1. The zero-order chi connectivity index (χ0) is 39.9. The molecule has 1 aliphatic heterocycles. The highest BCUT2D eigenvalue weighted by Gasteiger charge is 2.62. The lowest BCUT2D eigenvalue weighted by Gasteiger charge is -2.32. The van der Waals surface area contributed by atoms with Gasteiger partial charge in [-0.15, -0.1) is 0 Å². The zero-order valence-electron chi connectivity index (χ0n) is 32.8. The number of rotatable bonds is 14. The van der Waals surface area contributed by atoms with Gasteiger partial charge in [0.2, 0.25) is 17.7 Å². The molecule has 2 aromatic rings. The number of methoxy groups -OCH3 is 1. The predicted octanol–water partition coefficient (Wildman–Crippen LogP) is 4.53. The molecule has 4 fully saturated rings. The first-order valence-corrected chi connectivity index (χ1v) is 20.8. The molecule has 4 aliphatic rings. The number of carbonyl (C=O) groups excluding carboxylic acids is 4. The second-order valence-corrected chi connectivity index (χ2v) is 18.1. The lowest BCUT2D eigenvalue weighted by Crippen LogP contribution is -2.59. The Morgan fingerprint density at radius 1 is 1.07 bits per heavy atom. The summed E-state index contributed by atoms with van der Waals surface area (Å²) in [5, 5.41) is 7.20. The maximum absolute atomic E-state index is 14.7. The van der Waals surface area contributed by atoms with Gasteiger partial charge in [0.05, 0.1) is 19.3 Å². The van der Waals surface area contributed by atoms with Crippen LogP contribution in [0.25, 0.3) is 10.8 Å². The van der Waals surface area contributed by atoms with Crippen LogP contribution in [0.1, 0.15) is 99.3 Å². The molecular formula is C39H55N5O10S. The van der Waals surface area contributed by atoms with Gasteiger partial charge in [0.25, 0.3) is 5.91 Å². The second-order valence-electron chi connectivity index (χ2n) is 16.8. The smallest absolute Gasteiger partial charge is 0.408 e.